The van der Waals surface area contributed by atoms with Crippen molar-refractivity contribution in [2.24, 2.45) is 5.14 Å². The van der Waals surface area contributed by atoms with E-state index in [9.17, 15) is 16.8 Å². The van der Waals surface area contributed by atoms with Crippen molar-refractivity contribution >= 4 is 25.7 Å². The van der Waals surface area contributed by atoms with E-state index in [1.165, 1.54) is 30.5 Å². The van der Waals surface area contributed by atoms with Gasteiger partial charge in [-0.3, -0.25) is 9.40 Å². The van der Waals surface area contributed by atoms with Crippen LogP contribution < -0.4 is 9.86 Å². The van der Waals surface area contributed by atoms with Crippen molar-refractivity contribution in [2.75, 3.05) is 4.72 Å². The maximum absolute atomic E-state index is 12.9. The quantitative estimate of drug-likeness (QED) is 0.796. The first-order valence-corrected chi connectivity index (χ1v) is 11.0. The van der Waals surface area contributed by atoms with E-state index in [0.29, 0.717) is 5.69 Å². The van der Waals surface area contributed by atoms with Crippen molar-refractivity contribution in [3.05, 3.63) is 36.2 Å². The number of benzene rings is 1. The average molecular weight is 401 g/mol. The van der Waals surface area contributed by atoms with Crippen LogP contribution in [0.4, 0.5) is 5.69 Å². The van der Waals surface area contributed by atoms with Gasteiger partial charge in [-0.05, 0) is 38.1 Å². The summed E-state index contributed by atoms with van der Waals surface area (Å²) < 4.78 is 52.4. The zero-order valence-electron chi connectivity index (χ0n) is 15.4. The molecule has 1 aromatic heterocycles. The number of nitrogens with one attached hydrogen (secondary N) is 1. The lowest BCUT2D eigenvalue weighted by Gasteiger charge is -2.18. The normalized spacial score (nSPS) is 13.2. The second-order valence-corrected chi connectivity index (χ2v) is 10.6. The molecule has 144 valence electrons. The van der Waals surface area contributed by atoms with E-state index in [2.05, 4.69) is 9.82 Å². The molecule has 3 N–H and O–H groups in total. The number of nitrogens with zero attached hydrogens (tertiary/aromatic N) is 2. The van der Waals surface area contributed by atoms with Crippen LogP contribution in [0.3, 0.4) is 0 Å². The molecule has 0 fully saturated rings. The summed E-state index contributed by atoms with van der Waals surface area (Å²) in [6, 6.07) is 5.20. The highest BCUT2D eigenvalue weighted by molar-refractivity contribution is 7.92. The molecular weight excluding hydrogens is 376 g/mol. The molecule has 0 aliphatic heterocycles. The number of hydrogen-bond donors (Lipinski definition) is 2. The van der Waals surface area contributed by atoms with Crippen LogP contribution in [-0.4, -0.2) is 26.6 Å². The number of aromatic nitrogens is 2. The van der Waals surface area contributed by atoms with Gasteiger partial charge in [0, 0.05) is 23.3 Å². The highest BCUT2D eigenvalue weighted by Gasteiger charge is 2.30. The molecule has 1 aromatic carbocycles. The van der Waals surface area contributed by atoms with E-state index in [1.54, 1.807) is 4.68 Å². The molecule has 0 spiro atoms. The molecule has 0 aliphatic carbocycles. The maximum Gasteiger partial charge on any atom is 0.265 e. The van der Waals surface area contributed by atoms with Crippen LogP contribution in [-0.2, 0) is 25.5 Å². The third kappa shape index (κ3) is 4.43. The van der Waals surface area contributed by atoms with E-state index < -0.39 is 25.5 Å². The fourth-order valence-corrected chi connectivity index (χ4v) is 4.20. The smallest absolute Gasteiger partial charge is 0.265 e. The fraction of sp³-hybridized carbons (Fsp3) is 0.438. The lowest BCUT2D eigenvalue weighted by atomic mass is 9.92. The molecule has 0 saturated heterocycles. The summed E-state index contributed by atoms with van der Waals surface area (Å²) in [5.74, 6) is 0. The number of hydrogen-bond acceptors (Lipinski definition) is 5. The molecule has 26 heavy (non-hydrogen) atoms. The Balaban J connectivity index is 2.45. The molecule has 2 aromatic rings. The Labute approximate surface area is 154 Å². The van der Waals surface area contributed by atoms with Gasteiger partial charge in [0.15, 0.2) is 0 Å². The molecule has 0 saturated carbocycles. The second kappa shape index (κ2) is 6.67. The third-order valence-electron chi connectivity index (χ3n) is 3.66. The molecule has 0 atom stereocenters. The number of nitrogens with two attached hydrogens (primary N) is 1. The number of anilines is 1. The summed E-state index contributed by atoms with van der Waals surface area (Å²) in [6.07, 6.45) is 1.51. The topological polar surface area (TPSA) is 124 Å². The van der Waals surface area contributed by atoms with Crippen LogP contribution in [0.15, 0.2) is 40.3 Å². The Morgan fingerprint density at radius 1 is 1.08 bits per heavy atom. The standard InChI is InChI=1S/C16H24N4O4S2/c1-11(2)20-10-14(15(18-20)16(3,4)5)26(23,24)19-12-6-8-13(9-7-12)25(17,21)22/h6-11,19H,1-5H3,(H2,17,21,22). The van der Waals surface area contributed by atoms with Crippen molar-refractivity contribution < 1.29 is 16.8 Å². The minimum atomic E-state index is -3.90. The molecule has 0 unspecified atom stereocenters. The molecule has 0 bridgehead atoms. The Morgan fingerprint density at radius 2 is 1.62 bits per heavy atom. The van der Waals surface area contributed by atoms with Gasteiger partial charge in [0.2, 0.25) is 10.0 Å². The SMILES string of the molecule is CC(C)n1cc(S(=O)(=O)Nc2ccc(S(N)(=O)=O)cc2)c(C(C)(C)C)n1. The summed E-state index contributed by atoms with van der Waals surface area (Å²) in [5.41, 5.74) is 0.219. The second-order valence-electron chi connectivity index (χ2n) is 7.34. The molecular formula is C16H24N4O4S2. The van der Waals surface area contributed by atoms with Crippen molar-refractivity contribution in [2.45, 2.75) is 55.9 Å². The van der Waals surface area contributed by atoms with E-state index in [4.69, 9.17) is 5.14 Å². The van der Waals surface area contributed by atoms with Crippen molar-refractivity contribution in [3.8, 4) is 0 Å². The predicted octanol–water partition coefficient (Wildman–Crippen LogP) is 2.21. The van der Waals surface area contributed by atoms with Gasteiger partial charge in [-0.15, -0.1) is 0 Å². The Morgan fingerprint density at radius 3 is 2.04 bits per heavy atom. The van der Waals surface area contributed by atoms with Crippen LogP contribution in [0.2, 0.25) is 0 Å². The lowest BCUT2D eigenvalue weighted by molar-refractivity contribution is 0.493. The predicted molar refractivity (Wildman–Crippen MR) is 99.9 cm³/mol. The summed E-state index contributed by atoms with van der Waals surface area (Å²) in [5, 5.41) is 9.48. The van der Waals surface area contributed by atoms with Crippen molar-refractivity contribution in [3.63, 3.8) is 0 Å². The zero-order chi connectivity index (χ0) is 19.9. The van der Waals surface area contributed by atoms with Gasteiger partial charge in [0.05, 0.1) is 10.6 Å². The summed E-state index contributed by atoms with van der Waals surface area (Å²) >= 11 is 0. The first-order chi connectivity index (χ1) is 11.7. The third-order valence-corrected chi connectivity index (χ3v) is 5.97. The van der Waals surface area contributed by atoms with E-state index >= 15 is 0 Å². The van der Waals surface area contributed by atoms with Crippen molar-refractivity contribution in [1.29, 1.82) is 0 Å². The molecule has 0 aliphatic rings. The van der Waals surface area contributed by atoms with Gasteiger partial charge in [0.25, 0.3) is 10.0 Å². The van der Waals surface area contributed by atoms with E-state index in [0.717, 1.165) is 0 Å². The Bertz CT molecular complexity index is 1000. The monoisotopic (exact) mass is 400 g/mol. The van der Waals surface area contributed by atoms with Crippen LogP contribution in [0, 0.1) is 0 Å². The Kier molecular flexibility index (Phi) is 5.24. The zero-order valence-corrected chi connectivity index (χ0v) is 17.0. The minimum Gasteiger partial charge on any atom is -0.280 e. The van der Waals surface area contributed by atoms with Gasteiger partial charge >= 0.3 is 0 Å². The van der Waals surface area contributed by atoms with Gasteiger partial charge < -0.3 is 0 Å². The first kappa shape index (κ1) is 20.4. The minimum absolute atomic E-state index is 0.00842. The lowest BCUT2D eigenvalue weighted by Crippen LogP contribution is -2.20. The van der Waals surface area contributed by atoms with E-state index in [-0.39, 0.29) is 21.5 Å². The van der Waals surface area contributed by atoms with Gasteiger partial charge in [0.1, 0.15) is 4.90 Å². The fourth-order valence-electron chi connectivity index (χ4n) is 2.28. The molecule has 10 heteroatoms. The molecule has 0 radical (unpaired) electrons. The van der Waals surface area contributed by atoms with Crippen LogP contribution in [0.5, 0.6) is 0 Å². The number of sulfonamides is 2. The molecule has 0 amide bonds. The summed E-state index contributed by atoms with van der Waals surface area (Å²) in [4.78, 5) is -0.00215. The van der Waals surface area contributed by atoms with Gasteiger partial charge in [-0.25, -0.2) is 22.0 Å². The van der Waals surface area contributed by atoms with Crippen LogP contribution in [0.25, 0.3) is 0 Å². The molecule has 8 nitrogen and oxygen atoms in total. The summed E-state index contributed by atoms with van der Waals surface area (Å²) in [6.45, 7) is 9.49. The van der Waals surface area contributed by atoms with Gasteiger partial charge in [-0.1, -0.05) is 20.8 Å². The van der Waals surface area contributed by atoms with Crippen LogP contribution in [0.1, 0.15) is 46.4 Å². The summed E-state index contributed by atoms with van der Waals surface area (Å²) in [7, 11) is -7.74. The van der Waals surface area contributed by atoms with E-state index in [1.807, 2.05) is 34.6 Å². The maximum atomic E-state index is 12.9. The molecule has 2 rings (SSSR count). The number of primary sulfonamides is 1. The van der Waals surface area contributed by atoms with Crippen LogP contribution >= 0.6 is 0 Å². The Hall–Kier alpha value is -1.91. The molecule has 1 heterocycles. The number of rotatable bonds is 5. The average Bonchev–Trinajstić information content (AvgIpc) is 2.92. The van der Waals surface area contributed by atoms with Crippen molar-refractivity contribution in [1.82, 2.24) is 9.78 Å². The highest BCUT2D eigenvalue weighted by atomic mass is 32.2. The first-order valence-electron chi connectivity index (χ1n) is 7.97. The highest BCUT2D eigenvalue weighted by Crippen LogP contribution is 2.30. The van der Waals surface area contributed by atoms with Gasteiger partial charge in [-0.2, -0.15) is 5.10 Å². The largest absolute Gasteiger partial charge is 0.280 e.